The predicted octanol–water partition coefficient (Wildman–Crippen LogP) is 4.46. The van der Waals surface area contributed by atoms with Gasteiger partial charge in [0.2, 0.25) is 0 Å². The number of methoxy groups -OCH3 is 1. The number of ether oxygens (including phenoxy) is 2. The Bertz CT molecular complexity index is 1080. The fourth-order valence-electron chi connectivity index (χ4n) is 2.87. The zero-order valence-electron chi connectivity index (χ0n) is 17.0. The number of H-pyrrole nitrogens is 1. The van der Waals surface area contributed by atoms with E-state index in [0.717, 1.165) is 21.3 Å². The number of carbonyl (C=O) groups excluding carboxylic acids is 1. The number of aromatic amines is 1. The Morgan fingerprint density at radius 3 is 2.90 bits per heavy atom. The molecule has 0 aliphatic carbocycles. The summed E-state index contributed by atoms with van der Waals surface area (Å²) in [7, 11) is 1.62. The van der Waals surface area contributed by atoms with Gasteiger partial charge >= 0.3 is 0 Å². The van der Waals surface area contributed by atoms with Crippen LogP contribution in [0.15, 0.2) is 59.2 Å². The van der Waals surface area contributed by atoms with Crippen LogP contribution in [0.2, 0.25) is 0 Å². The van der Waals surface area contributed by atoms with Crippen molar-refractivity contribution in [2.24, 2.45) is 0 Å². The molecule has 0 aliphatic rings. The minimum atomic E-state index is -0.158. The third-order valence-corrected chi connectivity index (χ3v) is 4.81. The Balaban J connectivity index is 1.81. The second-order valence-electron chi connectivity index (χ2n) is 6.61. The molecule has 2 aromatic carbocycles. The molecule has 3 rings (SSSR count). The smallest absolute Gasteiger partial charge is 0.251 e. The van der Waals surface area contributed by atoms with Crippen molar-refractivity contribution in [2.75, 3.05) is 20.3 Å². The summed E-state index contributed by atoms with van der Waals surface area (Å²) in [6.45, 7) is 1.23. The lowest BCUT2D eigenvalue weighted by Crippen LogP contribution is -2.22. The Kier molecular flexibility index (Phi) is 8.14. The summed E-state index contributed by atoms with van der Waals surface area (Å²) in [6, 6.07) is 13.0. The summed E-state index contributed by atoms with van der Waals surface area (Å²) in [6.07, 6.45) is 6.23. The molecule has 0 aliphatic heterocycles. The molecule has 0 radical (unpaired) electrons. The fourth-order valence-corrected chi connectivity index (χ4v) is 3.27. The molecule has 31 heavy (non-hydrogen) atoms. The zero-order valence-corrected chi connectivity index (χ0v) is 18.6. The van der Waals surface area contributed by atoms with Crippen LogP contribution in [0.4, 0.5) is 0 Å². The van der Waals surface area contributed by atoms with Crippen LogP contribution in [-0.4, -0.2) is 42.4 Å². The molecule has 1 amide bonds. The largest absolute Gasteiger partial charge is 0.491 e. The second-order valence-corrected chi connectivity index (χ2v) is 7.52. The first-order valence-corrected chi connectivity index (χ1v) is 10.4. The summed E-state index contributed by atoms with van der Waals surface area (Å²) in [5, 5.41) is 10.0. The molecule has 0 saturated carbocycles. The number of aromatic nitrogens is 2. The van der Waals surface area contributed by atoms with E-state index in [0.29, 0.717) is 36.9 Å². The highest BCUT2D eigenvalue weighted by atomic mass is 79.9. The third kappa shape index (κ3) is 6.63. The Labute approximate surface area is 189 Å². The van der Waals surface area contributed by atoms with Crippen LogP contribution in [0.3, 0.4) is 0 Å². The van der Waals surface area contributed by atoms with E-state index in [1.54, 1.807) is 37.6 Å². The number of imidazole rings is 1. The molecule has 1 heterocycles. The zero-order chi connectivity index (χ0) is 22.1. The Hall–Kier alpha value is -3.23. The van der Waals surface area contributed by atoms with Crippen LogP contribution in [0.25, 0.3) is 17.3 Å². The quantitative estimate of drug-likeness (QED) is 0.293. The van der Waals surface area contributed by atoms with Crippen molar-refractivity contribution < 1.29 is 14.3 Å². The first-order valence-electron chi connectivity index (χ1n) is 9.61. The van der Waals surface area contributed by atoms with Crippen LogP contribution in [0.1, 0.15) is 21.7 Å². The molecule has 0 unspecified atom stereocenters. The number of rotatable bonds is 10. The van der Waals surface area contributed by atoms with E-state index < -0.39 is 0 Å². The lowest BCUT2D eigenvalue weighted by molar-refractivity contribution is 0.0950. The molecule has 3 aromatic rings. The lowest BCUT2D eigenvalue weighted by atomic mass is 10.1. The summed E-state index contributed by atoms with van der Waals surface area (Å²) in [5.74, 6) is 1.16. The van der Waals surface area contributed by atoms with Gasteiger partial charge < -0.3 is 25.2 Å². The van der Waals surface area contributed by atoms with Gasteiger partial charge in [-0.05, 0) is 54.1 Å². The van der Waals surface area contributed by atoms with Gasteiger partial charge in [-0.1, -0.05) is 22.0 Å². The van der Waals surface area contributed by atoms with E-state index in [1.807, 2.05) is 30.3 Å². The normalized spacial score (nSPS) is 10.9. The average Bonchev–Trinajstić information content (AvgIpc) is 3.25. The van der Waals surface area contributed by atoms with Crippen LogP contribution >= 0.6 is 15.9 Å². The lowest BCUT2D eigenvalue weighted by Gasteiger charge is -2.12. The topological polar surface area (TPSA) is 100 Å². The predicted molar refractivity (Wildman–Crippen MR) is 125 cm³/mol. The maximum atomic E-state index is 12.5. The highest BCUT2D eigenvalue weighted by molar-refractivity contribution is 9.10. The average molecular weight is 483 g/mol. The Morgan fingerprint density at radius 1 is 1.26 bits per heavy atom. The van der Waals surface area contributed by atoms with Gasteiger partial charge in [0.1, 0.15) is 18.2 Å². The summed E-state index contributed by atoms with van der Waals surface area (Å²) < 4.78 is 11.7. The van der Waals surface area contributed by atoms with Crippen LogP contribution in [-0.2, 0) is 11.3 Å². The standard InChI is InChI=1S/C23H23BrN4O3/c1-30-8-9-31-20-11-16(14-27-23(29)17-4-2-5-19(24)12-17)10-18(13-20)21-15-26-22(28-21)6-3-7-25/h2-7,10-13,15,25H,8-9,14H2,1H3,(H,26,28)(H,27,29)/b6-3-,25-7?. The van der Waals surface area contributed by atoms with E-state index in [-0.39, 0.29) is 5.91 Å². The number of hydrogen-bond donors (Lipinski definition) is 3. The minimum absolute atomic E-state index is 0.158. The SMILES string of the molecule is COCCOc1cc(CNC(=O)c2cccc(Br)c2)cc(-c2cnc(/C=C\C=N)[nH]2)c1. The second kappa shape index (κ2) is 11.2. The van der Waals surface area contributed by atoms with Crippen molar-refractivity contribution in [3.63, 3.8) is 0 Å². The highest BCUT2D eigenvalue weighted by Crippen LogP contribution is 2.26. The molecular weight excluding hydrogens is 460 g/mol. The van der Waals surface area contributed by atoms with E-state index in [4.69, 9.17) is 14.9 Å². The number of nitrogens with one attached hydrogen (secondary N) is 3. The summed E-state index contributed by atoms with van der Waals surface area (Å²) >= 11 is 3.39. The third-order valence-electron chi connectivity index (χ3n) is 4.32. The maximum Gasteiger partial charge on any atom is 0.251 e. The van der Waals surface area contributed by atoms with Crippen molar-refractivity contribution >= 4 is 34.1 Å². The first kappa shape index (κ1) is 22.5. The van der Waals surface area contributed by atoms with E-state index in [9.17, 15) is 4.79 Å². The molecule has 0 spiro atoms. The molecule has 0 atom stereocenters. The summed E-state index contributed by atoms with van der Waals surface area (Å²) in [4.78, 5) is 20.0. The van der Waals surface area contributed by atoms with Gasteiger partial charge in [0.05, 0.1) is 18.5 Å². The van der Waals surface area contributed by atoms with Gasteiger partial charge in [0.25, 0.3) is 5.91 Å². The number of allylic oxidation sites excluding steroid dienone is 1. The van der Waals surface area contributed by atoms with Crippen molar-refractivity contribution in [2.45, 2.75) is 6.54 Å². The van der Waals surface area contributed by atoms with Crippen molar-refractivity contribution in [3.8, 4) is 17.0 Å². The van der Waals surface area contributed by atoms with Crippen molar-refractivity contribution in [3.05, 3.63) is 76.2 Å². The van der Waals surface area contributed by atoms with Crippen molar-refractivity contribution in [1.29, 1.82) is 5.41 Å². The summed E-state index contributed by atoms with van der Waals surface area (Å²) in [5.41, 5.74) is 3.16. The van der Waals surface area contributed by atoms with Gasteiger partial charge in [0, 0.05) is 35.5 Å². The van der Waals surface area contributed by atoms with E-state index >= 15 is 0 Å². The molecule has 160 valence electrons. The van der Waals surface area contributed by atoms with Gasteiger partial charge in [0.15, 0.2) is 0 Å². The van der Waals surface area contributed by atoms with Crippen LogP contribution < -0.4 is 10.1 Å². The number of benzene rings is 2. The van der Waals surface area contributed by atoms with Gasteiger partial charge in [-0.3, -0.25) is 4.79 Å². The molecular formula is C23H23BrN4O3. The highest BCUT2D eigenvalue weighted by Gasteiger charge is 2.10. The molecule has 7 nitrogen and oxygen atoms in total. The van der Waals surface area contributed by atoms with Crippen LogP contribution in [0, 0.1) is 5.41 Å². The molecule has 0 fully saturated rings. The van der Waals surface area contributed by atoms with Gasteiger partial charge in [-0.15, -0.1) is 0 Å². The molecule has 1 aromatic heterocycles. The van der Waals surface area contributed by atoms with Crippen LogP contribution in [0.5, 0.6) is 5.75 Å². The fraction of sp³-hybridized carbons (Fsp3) is 0.174. The first-order chi connectivity index (χ1) is 15.1. The number of hydrogen-bond acceptors (Lipinski definition) is 5. The number of halogens is 1. The van der Waals surface area contributed by atoms with Gasteiger partial charge in [-0.25, -0.2) is 4.98 Å². The molecule has 3 N–H and O–H groups in total. The Morgan fingerprint density at radius 2 is 2.13 bits per heavy atom. The minimum Gasteiger partial charge on any atom is -0.491 e. The molecule has 0 saturated heterocycles. The number of nitrogens with zero attached hydrogens (tertiary/aromatic N) is 1. The van der Waals surface area contributed by atoms with E-state index in [1.165, 1.54) is 6.21 Å². The van der Waals surface area contributed by atoms with Crippen molar-refractivity contribution in [1.82, 2.24) is 15.3 Å². The van der Waals surface area contributed by atoms with Gasteiger partial charge in [-0.2, -0.15) is 0 Å². The molecule has 0 bridgehead atoms. The maximum absolute atomic E-state index is 12.5. The number of amides is 1. The van der Waals surface area contributed by atoms with E-state index in [2.05, 4.69) is 31.2 Å². The monoisotopic (exact) mass is 482 g/mol. The number of carbonyl (C=O) groups is 1. The molecule has 8 heteroatoms.